The van der Waals surface area contributed by atoms with Crippen LogP contribution in [0.15, 0.2) is 0 Å². The third kappa shape index (κ3) is 3.28. The normalized spacial score (nSPS) is 30.2. The summed E-state index contributed by atoms with van der Waals surface area (Å²) in [5, 5.41) is 9.57. The minimum atomic E-state index is -0.0738. The van der Waals surface area contributed by atoms with Gasteiger partial charge in [-0.2, -0.15) is 0 Å². The van der Waals surface area contributed by atoms with Crippen LogP contribution in [0.5, 0.6) is 0 Å². The van der Waals surface area contributed by atoms with Crippen molar-refractivity contribution < 1.29 is 5.11 Å². The van der Waals surface area contributed by atoms with E-state index in [1.165, 1.54) is 12.8 Å². The van der Waals surface area contributed by atoms with E-state index in [0.29, 0.717) is 12.0 Å². The van der Waals surface area contributed by atoms with Crippen LogP contribution in [-0.4, -0.2) is 35.2 Å². The fourth-order valence-corrected chi connectivity index (χ4v) is 2.28. The van der Waals surface area contributed by atoms with Crippen molar-refractivity contribution in [1.82, 2.24) is 4.90 Å². The zero-order valence-electron chi connectivity index (χ0n) is 9.16. The summed E-state index contributed by atoms with van der Waals surface area (Å²) in [5.41, 5.74) is 0. The molecule has 0 radical (unpaired) electrons. The number of aliphatic hydroxyl groups excluding tert-OH is 1. The topological polar surface area (TPSA) is 23.5 Å². The third-order valence-corrected chi connectivity index (χ3v) is 2.73. The Morgan fingerprint density at radius 1 is 1.46 bits per heavy atom. The number of β-amino-alcohol motifs (C(OH)–C–C–N with tert-alkyl or cyclic N) is 1. The van der Waals surface area contributed by atoms with Crippen LogP contribution in [0.4, 0.5) is 0 Å². The lowest BCUT2D eigenvalue weighted by Gasteiger charge is -2.25. The van der Waals surface area contributed by atoms with E-state index in [4.69, 9.17) is 0 Å². The summed E-state index contributed by atoms with van der Waals surface area (Å²) in [7, 11) is 0. The number of rotatable bonds is 4. The molecule has 0 bridgehead atoms. The van der Waals surface area contributed by atoms with Crippen molar-refractivity contribution in [2.24, 2.45) is 5.92 Å². The molecule has 2 heteroatoms. The van der Waals surface area contributed by atoms with Crippen LogP contribution in [-0.2, 0) is 0 Å². The molecule has 1 N–H and O–H groups in total. The molecule has 78 valence electrons. The molecular formula is C11H23NO. The largest absolute Gasteiger partial charge is 0.392 e. The monoisotopic (exact) mass is 185 g/mol. The SMILES string of the molecule is CCCC1CC(O)CN1CC(C)C. The first-order valence-corrected chi connectivity index (χ1v) is 5.55. The van der Waals surface area contributed by atoms with Gasteiger partial charge in [0.05, 0.1) is 6.10 Å². The first kappa shape index (κ1) is 11.0. The van der Waals surface area contributed by atoms with Crippen molar-refractivity contribution in [2.45, 2.75) is 52.2 Å². The van der Waals surface area contributed by atoms with E-state index in [1.807, 2.05) is 0 Å². The van der Waals surface area contributed by atoms with Gasteiger partial charge in [0.15, 0.2) is 0 Å². The van der Waals surface area contributed by atoms with E-state index in [-0.39, 0.29) is 6.10 Å². The van der Waals surface area contributed by atoms with Gasteiger partial charge in [-0.15, -0.1) is 0 Å². The predicted octanol–water partition coefficient (Wildman–Crippen LogP) is 1.88. The number of hydrogen-bond donors (Lipinski definition) is 1. The van der Waals surface area contributed by atoms with Crippen molar-refractivity contribution in [3.63, 3.8) is 0 Å². The molecule has 1 aliphatic rings. The molecule has 0 aromatic carbocycles. The summed E-state index contributed by atoms with van der Waals surface area (Å²) >= 11 is 0. The van der Waals surface area contributed by atoms with Crippen molar-refractivity contribution in [1.29, 1.82) is 0 Å². The molecule has 2 atom stereocenters. The summed E-state index contributed by atoms with van der Waals surface area (Å²) in [6.07, 6.45) is 3.38. The molecule has 0 aromatic heterocycles. The molecule has 1 fully saturated rings. The molecule has 1 heterocycles. The number of likely N-dealkylation sites (tertiary alicyclic amines) is 1. The van der Waals surface area contributed by atoms with E-state index < -0.39 is 0 Å². The Morgan fingerprint density at radius 2 is 2.15 bits per heavy atom. The second-order valence-corrected chi connectivity index (χ2v) is 4.68. The fraction of sp³-hybridized carbons (Fsp3) is 1.00. The van der Waals surface area contributed by atoms with Crippen molar-refractivity contribution in [2.75, 3.05) is 13.1 Å². The maximum absolute atomic E-state index is 9.57. The van der Waals surface area contributed by atoms with Crippen LogP contribution in [0.1, 0.15) is 40.0 Å². The van der Waals surface area contributed by atoms with Gasteiger partial charge >= 0.3 is 0 Å². The van der Waals surface area contributed by atoms with Gasteiger partial charge in [-0.1, -0.05) is 27.2 Å². The zero-order valence-corrected chi connectivity index (χ0v) is 9.16. The van der Waals surface area contributed by atoms with Gasteiger partial charge in [-0.25, -0.2) is 0 Å². The van der Waals surface area contributed by atoms with Crippen molar-refractivity contribution in [3.8, 4) is 0 Å². The molecule has 1 saturated heterocycles. The molecule has 0 spiro atoms. The summed E-state index contributed by atoms with van der Waals surface area (Å²) in [4.78, 5) is 2.46. The van der Waals surface area contributed by atoms with E-state index >= 15 is 0 Å². The fourth-order valence-electron chi connectivity index (χ4n) is 2.28. The Bertz CT molecular complexity index is 147. The molecule has 1 rings (SSSR count). The summed E-state index contributed by atoms with van der Waals surface area (Å²) in [6.45, 7) is 8.74. The summed E-state index contributed by atoms with van der Waals surface area (Å²) in [6, 6.07) is 0.641. The molecule has 2 nitrogen and oxygen atoms in total. The quantitative estimate of drug-likeness (QED) is 0.723. The number of nitrogens with zero attached hydrogens (tertiary/aromatic N) is 1. The highest BCUT2D eigenvalue weighted by Gasteiger charge is 2.29. The van der Waals surface area contributed by atoms with E-state index in [0.717, 1.165) is 19.5 Å². The second kappa shape index (κ2) is 4.97. The Labute approximate surface area is 81.9 Å². The summed E-state index contributed by atoms with van der Waals surface area (Å²) < 4.78 is 0. The van der Waals surface area contributed by atoms with Gasteiger partial charge in [0.25, 0.3) is 0 Å². The molecule has 13 heavy (non-hydrogen) atoms. The molecular weight excluding hydrogens is 162 g/mol. The highest BCUT2D eigenvalue weighted by molar-refractivity contribution is 4.84. The lowest BCUT2D eigenvalue weighted by Crippen LogP contribution is -2.33. The maximum atomic E-state index is 9.57. The Morgan fingerprint density at radius 3 is 2.69 bits per heavy atom. The molecule has 2 unspecified atom stereocenters. The minimum absolute atomic E-state index is 0.0738. The third-order valence-electron chi connectivity index (χ3n) is 2.73. The summed E-state index contributed by atoms with van der Waals surface area (Å²) in [5.74, 6) is 0.713. The first-order valence-electron chi connectivity index (χ1n) is 5.55. The molecule has 0 aromatic rings. The van der Waals surface area contributed by atoms with Crippen LogP contribution in [0.25, 0.3) is 0 Å². The van der Waals surface area contributed by atoms with Gasteiger partial charge in [-0.05, 0) is 18.8 Å². The lowest BCUT2D eigenvalue weighted by molar-refractivity contribution is 0.168. The van der Waals surface area contributed by atoms with Crippen LogP contribution >= 0.6 is 0 Å². The molecule has 1 aliphatic heterocycles. The van der Waals surface area contributed by atoms with Gasteiger partial charge in [-0.3, -0.25) is 4.90 Å². The standard InChI is InChI=1S/C11H23NO/c1-4-5-10-6-11(13)8-12(10)7-9(2)3/h9-11,13H,4-8H2,1-3H3. The van der Waals surface area contributed by atoms with Crippen LogP contribution in [0, 0.1) is 5.92 Å². The predicted molar refractivity (Wildman–Crippen MR) is 55.7 cm³/mol. The van der Waals surface area contributed by atoms with E-state index in [2.05, 4.69) is 25.7 Å². The van der Waals surface area contributed by atoms with Crippen LogP contribution in [0.3, 0.4) is 0 Å². The smallest absolute Gasteiger partial charge is 0.0682 e. The van der Waals surface area contributed by atoms with E-state index in [1.54, 1.807) is 0 Å². The zero-order chi connectivity index (χ0) is 9.84. The molecule has 0 aliphatic carbocycles. The number of aliphatic hydroxyl groups is 1. The van der Waals surface area contributed by atoms with Gasteiger partial charge in [0, 0.05) is 19.1 Å². The Balaban J connectivity index is 2.40. The van der Waals surface area contributed by atoms with Gasteiger partial charge < -0.3 is 5.11 Å². The number of hydrogen-bond acceptors (Lipinski definition) is 2. The highest BCUT2D eigenvalue weighted by atomic mass is 16.3. The Hall–Kier alpha value is -0.0800. The maximum Gasteiger partial charge on any atom is 0.0682 e. The second-order valence-electron chi connectivity index (χ2n) is 4.68. The van der Waals surface area contributed by atoms with E-state index in [9.17, 15) is 5.11 Å². The lowest BCUT2D eigenvalue weighted by atomic mass is 10.1. The van der Waals surface area contributed by atoms with Crippen LogP contribution in [0.2, 0.25) is 0 Å². The Kier molecular flexibility index (Phi) is 4.20. The first-order chi connectivity index (χ1) is 6.13. The highest BCUT2D eigenvalue weighted by Crippen LogP contribution is 2.22. The average Bonchev–Trinajstić information content (AvgIpc) is 2.31. The van der Waals surface area contributed by atoms with Gasteiger partial charge in [0.1, 0.15) is 0 Å². The minimum Gasteiger partial charge on any atom is -0.392 e. The molecule has 0 saturated carbocycles. The average molecular weight is 185 g/mol. The van der Waals surface area contributed by atoms with Crippen LogP contribution < -0.4 is 0 Å². The van der Waals surface area contributed by atoms with Crippen molar-refractivity contribution in [3.05, 3.63) is 0 Å². The van der Waals surface area contributed by atoms with Gasteiger partial charge in [0.2, 0.25) is 0 Å². The molecule has 0 amide bonds. The van der Waals surface area contributed by atoms with Crippen molar-refractivity contribution >= 4 is 0 Å².